The lowest BCUT2D eigenvalue weighted by Crippen LogP contribution is -2.22. The minimum atomic E-state index is -0.374. The quantitative estimate of drug-likeness (QED) is 0.438. The molecule has 0 aliphatic heterocycles. The third kappa shape index (κ3) is 3.97. The Morgan fingerprint density at radius 1 is 1.17 bits per heavy atom. The standard InChI is InChI=1S/C23H23FN4O2/c1-16(22-11-12-30-26-22)27(2)14-17-15-28(18-7-5-4-6-8-18)25-23(17)20-10-9-19(29-3)13-21(20)24/h4-13,15-16H,14H2,1-3H3/t16-/m1/s1. The smallest absolute Gasteiger partial charge is 0.136 e. The molecule has 0 amide bonds. The summed E-state index contributed by atoms with van der Waals surface area (Å²) in [6.07, 6.45) is 3.51. The predicted octanol–water partition coefficient (Wildman–Crippen LogP) is 4.87. The van der Waals surface area contributed by atoms with Crippen LogP contribution >= 0.6 is 0 Å². The van der Waals surface area contributed by atoms with E-state index in [0.29, 0.717) is 23.6 Å². The zero-order valence-corrected chi connectivity index (χ0v) is 17.1. The van der Waals surface area contributed by atoms with Gasteiger partial charge in [0.2, 0.25) is 0 Å². The molecule has 0 saturated heterocycles. The second kappa shape index (κ2) is 8.51. The number of ether oxygens (including phenoxy) is 1. The van der Waals surface area contributed by atoms with Crippen molar-refractivity contribution < 1.29 is 13.7 Å². The topological polar surface area (TPSA) is 56.3 Å². The lowest BCUT2D eigenvalue weighted by Gasteiger charge is -2.22. The van der Waals surface area contributed by atoms with Crippen molar-refractivity contribution in [2.45, 2.75) is 19.5 Å². The average molecular weight is 406 g/mol. The van der Waals surface area contributed by atoms with Crippen LogP contribution in [0.15, 0.2) is 71.6 Å². The molecule has 154 valence electrons. The van der Waals surface area contributed by atoms with Gasteiger partial charge in [0.15, 0.2) is 0 Å². The van der Waals surface area contributed by atoms with E-state index in [1.54, 1.807) is 23.1 Å². The Bertz CT molecular complexity index is 1110. The van der Waals surface area contributed by atoms with Gasteiger partial charge in [0.25, 0.3) is 0 Å². The summed E-state index contributed by atoms with van der Waals surface area (Å²) < 4.78 is 26.8. The molecule has 0 aliphatic rings. The molecular weight excluding hydrogens is 383 g/mol. The summed E-state index contributed by atoms with van der Waals surface area (Å²) in [5.74, 6) is 0.0955. The molecule has 0 radical (unpaired) electrons. The van der Waals surface area contributed by atoms with Crippen LogP contribution in [-0.4, -0.2) is 34.0 Å². The number of halogens is 1. The van der Waals surface area contributed by atoms with Crippen molar-refractivity contribution in [3.63, 3.8) is 0 Å². The van der Waals surface area contributed by atoms with Crippen LogP contribution in [0.5, 0.6) is 5.75 Å². The van der Waals surface area contributed by atoms with Crippen LogP contribution in [0.2, 0.25) is 0 Å². The summed E-state index contributed by atoms with van der Waals surface area (Å²) in [5.41, 5.74) is 3.68. The Morgan fingerprint density at radius 2 is 1.97 bits per heavy atom. The fourth-order valence-corrected chi connectivity index (χ4v) is 3.35. The van der Waals surface area contributed by atoms with E-state index in [2.05, 4.69) is 10.1 Å². The van der Waals surface area contributed by atoms with Crippen LogP contribution in [0, 0.1) is 5.82 Å². The van der Waals surface area contributed by atoms with Gasteiger partial charge >= 0.3 is 0 Å². The Labute approximate surface area is 174 Å². The third-order valence-corrected chi connectivity index (χ3v) is 5.21. The lowest BCUT2D eigenvalue weighted by molar-refractivity contribution is 0.241. The number of hydrogen-bond donors (Lipinski definition) is 0. The zero-order valence-electron chi connectivity index (χ0n) is 17.1. The van der Waals surface area contributed by atoms with Gasteiger partial charge in [0.1, 0.15) is 29.2 Å². The summed E-state index contributed by atoms with van der Waals surface area (Å²) in [5, 5.41) is 8.75. The number of aromatic nitrogens is 3. The van der Waals surface area contributed by atoms with Gasteiger partial charge in [-0.15, -0.1) is 0 Å². The second-order valence-corrected chi connectivity index (χ2v) is 7.14. The van der Waals surface area contributed by atoms with E-state index >= 15 is 0 Å². The maximum Gasteiger partial charge on any atom is 0.136 e. The van der Waals surface area contributed by atoms with E-state index in [4.69, 9.17) is 14.4 Å². The molecular formula is C23H23FN4O2. The fourth-order valence-electron chi connectivity index (χ4n) is 3.35. The van der Waals surface area contributed by atoms with Crippen LogP contribution < -0.4 is 4.74 Å². The summed E-state index contributed by atoms with van der Waals surface area (Å²) in [4.78, 5) is 2.12. The number of para-hydroxylation sites is 1. The van der Waals surface area contributed by atoms with Crippen molar-refractivity contribution in [1.29, 1.82) is 0 Å². The first kappa shape index (κ1) is 19.8. The van der Waals surface area contributed by atoms with Gasteiger partial charge in [-0.25, -0.2) is 9.07 Å². The van der Waals surface area contributed by atoms with Crippen LogP contribution in [-0.2, 0) is 6.54 Å². The number of hydrogen-bond acceptors (Lipinski definition) is 5. The Hall–Kier alpha value is -3.45. The van der Waals surface area contributed by atoms with Crippen molar-refractivity contribution in [3.05, 3.63) is 84.1 Å². The lowest BCUT2D eigenvalue weighted by atomic mass is 10.1. The summed E-state index contributed by atoms with van der Waals surface area (Å²) in [6, 6.07) is 16.5. The molecule has 0 fully saturated rings. The highest BCUT2D eigenvalue weighted by atomic mass is 19.1. The normalized spacial score (nSPS) is 12.3. The number of benzene rings is 2. The van der Waals surface area contributed by atoms with Crippen molar-refractivity contribution in [3.8, 4) is 22.7 Å². The van der Waals surface area contributed by atoms with E-state index in [1.807, 2.05) is 56.6 Å². The Kier molecular flexibility index (Phi) is 5.63. The fraction of sp³-hybridized carbons (Fsp3) is 0.217. The number of methoxy groups -OCH3 is 1. The number of nitrogens with zero attached hydrogens (tertiary/aromatic N) is 4. The van der Waals surface area contributed by atoms with Gasteiger partial charge < -0.3 is 9.26 Å². The Balaban J connectivity index is 1.73. The molecule has 2 aromatic carbocycles. The van der Waals surface area contributed by atoms with Crippen molar-refractivity contribution >= 4 is 0 Å². The van der Waals surface area contributed by atoms with Gasteiger partial charge in [0, 0.05) is 36.0 Å². The van der Waals surface area contributed by atoms with Crippen LogP contribution in [0.4, 0.5) is 4.39 Å². The van der Waals surface area contributed by atoms with Crippen molar-refractivity contribution in [1.82, 2.24) is 19.8 Å². The van der Waals surface area contributed by atoms with E-state index in [-0.39, 0.29) is 11.9 Å². The predicted molar refractivity (Wildman–Crippen MR) is 112 cm³/mol. The molecule has 4 rings (SSSR count). The maximum atomic E-state index is 14.9. The first-order valence-electron chi connectivity index (χ1n) is 9.65. The molecule has 6 nitrogen and oxygen atoms in total. The van der Waals surface area contributed by atoms with Gasteiger partial charge in [-0.1, -0.05) is 23.4 Å². The van der Waals surface area contributed by atoms with Crippen molar-refractivity contribution in [2.24, 2.45) is 0 Å². The highest BCUT2D eigenvalue weighted by molar-refractivity contribution is 5.65. The molecule has 0 bridgehead atoms. The van der Waals surface area contributed by atoms with E-state index in [9.17, 15) is 4.39 Å². The van der Waals surface area contributed by atoms with Crippen LogP contribution in [0.25, 0.3) is 16.9 Å². The number of rotatable bonds is 7. The highest BCUT2D eigenvalue weighted by Crippen LogP contribution is 2.30. The van der Waals surface area contributed by atoms with Crippen LogP contribution in [0.1, 0.15) is 24.2 Å². The highest BCUT2D eigenvalue weighted by Gasteiger charge is 2.21. The molecule has 2 heterocycles. The monoisotopic (exact) mass is 406 g/mol. The van der Waals surface area contributed by atoms with Crippen LogP contribution in [0.3, 0.4) is 0 Å². The first-order chi connectivity index (χ1) is 14.6. The van der Waals surface area contributed by atoms with Gasteiger partial charge in [-0.3, -0.25) is 4.90 Å². The summed E-state index contributed by atoms with van der Waals surface area (Å²) in [7, 11) is 3.51. The van der Waals surface area contributed by atoms with Gasteiger partial charge in [-0.05, 0) is 38.2 Å². The first-order valence-corrected chi connectivity index (χ1v) is 9.65. The van der Waals surface area contributed by atoms with Gasteiger partial charge in [0.05, 0.1) is 18.8 Å². The van der Waals surface area contributed by atoms with E-state index < -0.39 is 0 Å². The molecule has 0 N–H and O–H groups in total. The molecule has 0 aliphatic carbocycles. The van der Waals surface area contributed by atoms with Crippen molar-refractivity contribution in [2.75, 3.05) is 14.2 Å². The second-order valence-electron chi connectivity index (χ2n) is 7.14. The molecule has 0 unspecified atom stereocenters. The SMILES string of the molecule is COc1ccc(-c2nn(-c3ccccc3)cc2CN(C)[C@H](C)c2ccon2)c(F)c1. The molecule has 0 saturated carbocycles. The average Bonchev–Trinajstić information content (AvgIpc) is 3.44. The molecule has 30 heavy (non-hydrogen) atoms. The van der Waals surface area contributed by atoms with E-state index in [1.165, 1.54) is 13.2 Å². The third-order valence-electron chi connectivity index (χ3n) is 5.21. The molecule has 0 spiro atoms. The molecule has 7 heteroatoms. The Morgan fingerprint density at radius 3 is 2.63 bits per heavy atom. The maximum absolute atomic E-state index is 14.9. The summed E-state index contributed by atoms with van der Waals surface area (Å²) >= 11 is 0. The molecule has 2 aromatic heterocycles. The minimum Gasteiger partial charge on any atom is -0.497 e. The summed E-state index contributed by atoms with van der Waals surface area (Å²) in [6.45, 7) is 2.61. The minimum absolute atomic E-state index is 0.0254. The largest absolute Gasteiger partial charge is 0.497 e. The molecule has 4 aromatic rings. The zero-order chi connectivity index (χ0) is 21.1. The van der Waals surface area contributed by atoms with Gasteiger partial charge in [-0.2, -0.15) is 5.10 Å². The molecule has 1 atom stereocenters. The van der Waals surface area contributed by atoms with E-state index in [0.717, 1.165) is 16.9 Å².